The van der Waals surface area contributed by atoms with Crippen LogP contribution in [0.4, 0.5) is 0 Å². The number of esters is 2. The van der Waals surface area contributed by atoms with Crippen LogP contribution in [-0.2, 0) is 33.9 Å². The second-order valence-electron chi connectivity index (χ2n) is 8.56. The molecule has 2 aliphatic carbocycles. The summed E-state index contributed by atoms with van der Waals surface area (Å²) >= 11 is 0. The summed E-state index contributed by atoms with van der Waals surface area (Å²) < 4.78 is 50.7. The minimum Gasteiger partial charge on any atom is -0.463 e. The molecular formula is C20H33NaO8S. The van der Waals surface area contributed by atoms with Crippen molar-refractivity contribution >= 4 is 22.1 Å². The molecule has 1 N–H and O–H groups in total. The molecule has 0 aromatic heterocycles. The van der Waals surface area contributed by atoms with Crippen LogP contribution in [0.2, 0.25) is 0 Å². The minimum atomic E-state index is -4.47. The molecule has 30 heavy (non-hydrogen) atoms. The van der Waals surface area contributed by atoms with Crippen molar-refractivity contribution in [2.24, 2.45) is 11.8 Å². The van der Waals surface area contributed by atoms with Gasteiger partial charge in [-0.05, 0) is 59.8 Å². The second kappa shape index (κ2) is 11.6. The van der Waals surface area contributed by atoms with Crippen molar-refractivity contribution in [2.75, 3.05) is 0 Å². The van der Waals surface area contributed by atoms with Gasteiger partial charge in [0.15, 0.2) is 4.93 Å². The zero-order valence-corrected chi connectivity index (χ0v) is 21.4. The zero-order chi connectivity index (χ0) is 21.8. The van der Waals surface area contributed by atoms with E-state index in [0.717, 1.165) is 0 Å². The quantitative estimate of drug-likeness (QED) is 0.247. The summed E-state index contributed by atoms with van der Waals surface area (Å²) in [5.41, 5.74) is 0. The Morgan fingerprint density at radius 3 is 1.73 bits per heavy atom. The van der Waals surface area contributed by atoms with Crippen molar-refractivity contribution in [1.82, 2.24) is 0 Å². The third-order valence-electron chi connectivity index (χ3n) is 5.34. The van der Waals surface area contributed by atoms with Gasteiger partial charge in [-0.1, -0.05) is 0 Å². The molecule has 0 bridgehead atoms. The van der Waals surface area contributed by atoms with E-state index in [1.54, 1.807) is 27.7 Å². The molecule has 0 amide bonds. The number of rotatable bonds is 7. The van der Waals surface area contributed by atoms with Crippen molar-refractivity contribution in [1.29, 1.82) is 0 Å². The topological polar surface area (TPSA) is 116 Å². The van der Waals surface area contributed by atoms with E-state index in [-0.39, 0.29) is 73.9 Å². The SMILES string of the molecule is CC(C)OC(=O)C1CC(OC2(S(=O)(=O)O)CC[CH-]CC2)CC(C(=O)OC(C)C)C1.[Na+]. The number of hydrogen-bond donors (Lipinski definition) is 1. The fourth-order valence-electron chi connectivity index (χ4n) is 4.06. The molecule has 0 aromatic carbocycles. The predicted octanol–water partition coefficient (Wildman–Crippen LogP) is 0.0575. The Morgan fingerprint density at radius 2 is 1.37 bits per heavy atom. The smallest absolute Gasteiger partial charge is 0.463 e. The van der Waals surface area contributed by atoms with E-state index in [9.17, 15) is 22.6 Å². The van der Waals surface area contributed by atoms with Crippen molar-refractivity contribution in [2.45, 2.75) is 95.9 Å². The van der Waals surface area contributed by atoms with Gasteiger partial charge < -0.3 is 20.6 Å². The second-order valence-corrected chi connectivity index (χ2v) is 10.3. The van der Waals surface area contributed by atoms with E-state index in [2.05, 4.69) is 0 Å². The Morgan fingerprint density at radius 1 is 0.933 bits per heavy atom. The molecule has 0 spiro atoms. The molecule has 2 unspecified atom stereocenters. The van der Waals surface area contributed by atoms with Gasteiger partial charge in [0.05, 0.1) is 30.1 Å². The maximum Gasteiger partial charge on any atom is 1.00 e. The molecule has 2 atom stereocenters. The number of carbonyl (C=O) groups is 2. The van der Waals surface area contributed by atoms with Gasteiger partial charge in [0.2, 0.25) is 0 Å². The largest absolute Gasteiger partial charge is 1.00 e. The molecule has 2 rings (SSSR count). The maximum atomic E-state index is 12.5. The van der Waals surface area contributed by atoms with E-state index < -0.39 is 44.9 Å². The first-order valence-corrected chi connectivity index (χ1v) is 11.7. The van der Waals surface area contributed by atoms with E-state index in [0.29, 0.717) is 12.8 Å². The van der Waals surface area contributed by atoms with Crippen molar-refractivity contribution in [3.05, 3.63) is 6.42 Å². The number of carbonyl (C=O) groups excluding carboxylic acids is 2. The number of ether oxygens (including phenoxy) is 3. The van der Waals surface area contributed by atoms with Crippen LogP contribution in [0.1, 0.15) is 72.6 Å². The summed E-state index contributed by atoms with van der Waals surface area (Å²) in [5, 5.41) is 0. The fraction of sp³-hybridized carbons (Fsp3) is 0.850. The van der Waals surface area contributed by atoms with Crippen molar-refractivity contribution in [3.63, 3.8) is 0 Å². The summed E-state index contributed by atoms with van der Waals surface area (Å²) in [7, 11) is -4.47. The van der Waals surface area contributed by atoms with Gasteiger partial charge in [-0.2, -0.15) is 21.3 Å². The molecule has 2 saturated carbocycles. The summed E-state index contributed by atoms with van der Waals surface area (Å²) in [6, 6.07) is 0. The van der Waals surface area contributed by atoms with Crippen LogP contribution in [0.15, 0.2) is 0 Å². The summed E-state index contributed by atoms with van der Waals surface area (Å²) in [6.07, 6.45) is 2.70. The first-order valence-electron chi connectivity index (χ1n) is 10.3. The van der Waals surface area contributed by atoms with Crippen LogP contribution in [0.3, 0.4) is 0 Å². The van der Waals surface area contributed by atoms with Crippen molar-refractivity contribution in [3.8, 4) is 0 Å². The predicted molar refractivity (Wildman–Crippen MR) is 105 cm³/mol. The summed E-state index contributed by atoms with van der Waals surface area (Å²) in [5.74, 6) is -2.08. The Balaban J connectivity index is 0.00000450. The molecule has 0 radical (unpaired) electrons. The molecular weight excluding hydrogens is 423 g/mol. The van der Waals surface area contributed by atoms with Gasteiger partial charge in [-0.15, -0.1) is 0 Å². The van der Waals surface area contributed by atoms with Crippen LogP contribution < -0.4 is 29.6 Å². The first-order chi connectivity index (χ1) is 13.4. The van der Waals surface area contributed by atoms with Crippen LogP contribution in [0, 0.1) is 18.3 Å². The van der Waals surface area contributed by atoms with Gasteiger partial charge in [0.1, 0.15) is 0 Å². The molecule has 0 saturated heterocycles. The van der Waals surface area contributed by atoms with Crippen LogP contribution in [0.5, 0.6) is 0 Å². The Labute approximate surface area is 201 Å². The maximum absolute atomic E-state index is 12.5. The molecule has 168 valence electrons. The Hall–Kier alpha value is -0.190. The molecule has 0 aliphatic heterocycles. The normalized spacial score (nSPS) is 26.7. The average molecular weight is 457 g/mol. The van der Waals surface area contributed by atoms with Crippen LogP contribution >= 0.6 is 0 Å². The summed E-state index contributed by atoms with van der Waals surface area (Å²) in [4.78, 5) is 23.3. The standard InChI is InChI=1S/C20H33O8S.Na/c1-13(2)26-18(21)15-10-16(19(22)27-14(3)4)12-17(11-15)28-20(29(23,24)25)8-6-5-7-9-20;/h5,13-17H,6-12H2,1-4H3,(H,23,24,25);/q-1;+1. The van der Waals surface area contributed by atoms with Gasteiger partial charge in [0.25, 0.3) is 10.1 Å². The van der Waals surface area contributed by atoms with Gasteiger partial charge in [-0.25, -0.2) is 0 Å². The molecule has 2 aliphatic rings. The van der Waals surface area contributed by atoms with E-state index in [4.69, 9.17) is 14.2 Å². The first kappa shape index (κ1) is 27.8. The van der Waals surface area contributed by atoms with Gasteiger partial charge in [0, 0.05) is 0 Å². The molecule has 0 heterocycles. The fourth-order valence-corrected chi connectivity index (χ4v) is 5.07. The molecule has 10 heteroatoms. The van der Waals surface area contributed by atoms with Crippen LogP contribution in [-0.4, -0.2) is 48.2 Å². The van der Waals surface area contributed by atoms with Gasteiger partial charge >= 0.3 is 41.5 Å². The monoisotopic (exact) mass is 456 g/mol. The Kier molecular flexibility index (Phi) is 10.8. The molecule has 0 aromatic rings. The van der Waals surface area contributed by atoms with Gasteiger partial charge in [-0.3, -0.25) is 14.1 Å². The third-order valence-corrected chi connectivity index (χ3v) is 6.79. The van der Waals surface area contributed by atoms with E-state index >= 15 is 0 Å². The Bertz CT molecular complexity index is 655. The van der Waals surface area contributed by atoms with E-state index in [1.807, 2.05) is 6.42 Å². The molecule has 8 nitrogen and oxygen atoms in total. The molecule has 2 fully saturated rings. The van der Waals surface area contributed by atoms with Crippen LogP contribution in [0.25, 0.3) is 0 Å². The van der Waals surface area contributed by atoms with E-state index in [1.165, 1.54) is 0 Å². The zero-order valence-electron chi connectivity index (χ0n) is 18.6. The number of hydrogen-bond acceptors (Lipinski definition) is 7. The average Bonchev–Trinajstić information content (AvgIpc) is 2.60. The van der Waals surface area contributed by atoms with Crippen molar-refractivity contribution < 1.29 is 66.3 Å². The minimum absolute atomic E-state index is 0. The summed E-state index contributed by atoms with van der Waals surface area (Å²) in [6.45, 7) is 6.96. The third kappa shape index (κ3) is 7.45.